The van der Waals surface area contributed by atoms with E-state index in [9.17, 15) is 21.0 Å². The lowest BCUT2D eigenvalue weighted by molar-refractivity contribution is 1.41. The molecule has 0 fully saturated rings. The summed E-state index contributed by atoms with van der Waals surface area (Å²) in [6, 6.07) is 23.5. The standard InChI is InChI=1S/C32H16N6/c1-2-4-17-6-8-21-27(19(13-33)14-34)23-11-24-26(12-25(23)29(21)31(17)37)30-22(28(24)20(15-35)16-36)9-7-18-5-3-10-38-32(18)30/h2-12H,37H2,1H3/b4-2-. The van der Waals surface area contributed by atoms with Gasteiger partial charge in [-0.1, -0.05) is 42.5 Å². The monoisotopic (exact) mass is 484 g/mol. The molecule has 6 heteroatoms. The summed E-state index contributed by atoms with van der Waals surface area (Å²) in [7, 11) is 0. The maximum absolute atomic E-state index is 9.86. The molecule has 4 aromatic rings. The fourth-order valence-electron chi connectivity index (χ4n) is 5.61. The van der Waals surface area contributed by atoms with Crippen molar-refractivity contribution in [2.45, 2.75) is 6.92 Å². The van der Waals surface area contributed by atoms with Gasteiger partial charge in [0.05, 0.1) is 5.52 Å². The minimum Gasteiger partial charge on any atom is -0.398 e. The number of aromatic nitrogens is 1. The molecule has 0 aliphatic heterocycles. The van der Waals surface area contributed by atoms with Gasteiger partial charge in [0.15, 0.2) is 0 Å². The Hall–Kier alpha value is -5.95. The molecule has 1 aromatic heterocycles. The third-order valence-electron chi connectivity index (χ3n) is 7.12. The topological polar surface area (TPSA) is 134 Å². The van der Waals surface area contributed by atoms with E-state index in [2.05, 4.69) is 4.98 Å². The number of hydrogen-bond donors (Lipinski definition) is 1. The summed E-state index contributed by atoms with van der Waals surface area (Å²) >= 11 is 0. The molecule has 0 atom stereocenters. The zero-order valence-electron chi connectivity index (χ0n) is 20.2. The summed E-state index contributed by atoms with van der Waals surface area (Å²) in [6.45, 7) is 1.91. The Morgan fingerprint density at radius 1 is 0.737 bits per heavy atom. The first-order chi connectivity index (χ1) is 18.6. The van der Waals surface area contributed by atoms with Crippen LogP contribution in [0.4, 0.5) is 5.69 Å². The van der Waals surface area contributed by atoms with E-state index in [1.807, 2.05) is 91.9 Å². The number of nitriles is 4. The van der Waals surface area contributed by atoms with Crippen molar-refractivity contribution in [3.8, 4) is 46.5 Å². The van der Waals surface area contributed by atoms with Gasteiger partial charge in [0, 0.05) is 39.5 Å². The summed E-state index contributed by atoms with van der Waals surface area (Å²) in [5, 5.41) is 40.3. The average molecular weight is 485 g/mol. The van der Waals surface area contributed by atoms with E-state index in [1.165, 1.54) is 0 Å². The first kappa shape index (κ1) is 22.5. The summed E-state index contributed by atoms with van der Waals surface area (Å²) in [6.07, 6.45) is 5.54. The smallest absolute Gasteiger partial charge is 0.138 e. The molecule has 0 bridgehead atoms. The van der Waals surface area contributed by atoms with Crippen molar-refractivity contribution in [1.29, 1.82) is 21.0 Å². The van der Waals surface area contributed by atoms with Crippen molar-refractivity contribution >= 4 is 33.8 Å². The van der Waals surface area contributed by atoms with E-state index in [4.69, 9.17) is 5.73 Å². The number of hydrogen-bond acceptors (Lipinski definition) is 6. The number of nitrogens with two attached hydrogens (primary N) is 1. The molecule has 0 saturated heterocycles. The van der Waals surface area contributed by atoms with Gasteiger partial charge in [-0.15, -0.1) is 0 Å². The first-order valence-electron chi connectivity index (χ1n) is 11.8. The number of nitrogen functional groups attached to an aromatic ring is 1. The van der Waals surface area contributed by atoms with E-state index in [-0.39, 0.29) is 11.1 Å². The molecule has 174 valence electrons. The highest BCUT2D eigenvalue weighted by Crippen LogP contribution is 2.55. The van der Waals surface area contributed by atoms with Crippen LogP contribution < -0.4 is 5.73 Å². The largest absolute Gasteiger partial charge is 0.398 e. The quantitative estimate of drug-likeness (QED) is 0.209. The molecular formula is C32H16N6. The van der Waals surface area contributed by atoms with Gasteiger partial charge in [0.2, 0.25) is 0 Å². The molecular weight excluding hydrogens is 468 g/mol. The molecule has 6 nitrogen and oxygen atoms in total. The van der Waals surface area contributed by atoms with Crippen molar-refractivity contribution < 1.29 is 0 Å². The van der Waals surface area contributed by atoms with Gasteiger partial charge >= 0.3 is 0 Å². The zero-order valence-corrected chi connectivity index (χ0v) is 20.2. The summed E-state index contributed by atoms with van der Waals surface area (Å²) in [5.41, 5.74) is 15.8. The number of fused-ring (bicyclic) bond motifs is 8. The van der Waals surface area contributed by atoms with Crippen LogP contribution in [0.2, 0.25) is 0 Å². The Balaban J connectivity index is 1.82. The highest BCUT2D eigenvalue weighted by Gasteiger charge is 2.35. The van der Waals surface area contributed by atoms with Crippen molar-refractivity contribution in [2.24, 2.45) is 0 Å². The highest BCUT2D eigenvalue weighted by molar-refractivity contribution is 6.16. The van der Waals surface area contributed by atoms with E-state index in [1.54, 1.807) is 6.20 Å². The molecule has 0 unspecified atom stereocenters. The highest BCUT2D eigenvalue weighted by atomic mass is 14.7. The fourth-order valence-corrected chi connectivity index (χ4v) is 5.61. The summed E-state index contributed by atoms with van der Waals surface area (Å²) < 4.78 is 0. The van der Waals surface area contributed by atoms with Gasteiger partial charge in [-0.2, -0.15) is 21.0 Å². The normalized spacial score (nSPS) is 12.1. The molecule has 0 spiro atoms. The Bertz CT molecular complexity index is 2000. The van der Waals surface area contributed by atoms with Crippen molar-refractivity contribution in [3.05, 3.63) is 99.8 Å². The third kappa shape index (κ3) is 2.87. The van der Waals surface area contributed by atoms with Crippen LogP contribution in [0.15, 0.2) is 72.0 Å². The number of pyridine rings is 1. The van der Waals surface area contributed by atoms with Gasteiger partial charge in [-0.3, -0.25) is 4.98 Å². The predicted octanol–water partition coefficient (Wildman–Crippen LogP) is 6.51. The lowest BCUT2D eigenvalue weighted by Crippen LogP contribution is -1.95. The average Bonchev–Trinajstić information content (AvgIpc) is 3.44. The zero-order chi connectivity index (χ0) is 26.6. The second-order valence-electron chi connectivity index (χ2n) is 8.94. The second-order valence-corrected chi connectivity index (χ2v) is 8.94. The Labute approximate surface area is 218 Å². The van der Waals surface area contributed by atoms with Crippen LogP contribution in [0.5, 0.6) is 0 Å². The number of nitrogens with zero attached hydrogens (tertiary/aromatic N) is 5. The third-order valence-corrected chi connectivity index (χ3v) is 7.12. The van der Waals surface area contributed by atoms with Gasteiger partial charge in [-0.05, 0) is 64.1 Å². The molecule has 2 N–H and O–H groups in total. The molecule has 0 radical (unpaired) electrons. The van der Waals surface area contributed by atoms with Gasteiger partial charge in [0.1, 0.15) is 35.4 Å². The molecule has 38 heavy (non-hydrogen) atoms. The van der Waals surface area contributed by atoms with Crippen LogP contribution in [0.1, 0.15) is 34.7 Å². The SMILES string of the molecule is C/C=C\c1ccc2c(c1N)-c1cc3c(cc1C2=C(C#N)C#N)C(=C(C#N)C#N)c1ccc2cccnc2c1-3. The van der Waals surface area contributed by atoms with Crippen LogP contribution >= 0.6 is 0 Å². The van der Waals surface area contributed by atoms with E-state index < -0.39 is 0 Å². The van der Waals surface area contributed by atoms with Gasteiger partial charge in [0.25, 0.3) is 0 Å². The number of rotatable bonds is 1. The lowest BCUT2D eigenvalue weighted by Gasteiger charge is -2.11. The molecule has 2 aliphatic rings. The molecule has 2 aliphatic carbocycles. The number of benzene rings is 3. The van der Waals surface area contributed by atoms with Crippen LogP contribution in [0.3, 0.4) is 0 Å². The minimum atomic E-state index is -0.0305. The van der Waals surface area contributed by atoms with Crippen molar-refractivity contribution in [3.63, 3.8) is 0 Å². The van der Waals surface area contributed by atoms with Crippen LogP contribution in [0, 0.1) is 45.3 Å². The second kappa shape index (κ2) is 8.32. The number of anilines is 1. The van der Waals surface area contributed by atoms with E-state index >= 15 is 0 Å². The lowest BCUT2D eigenvalue weighted by atomic mass is 9.93. The Morgan fingerprint density at radius 3 is 1.95 bits per heavy atom. The Kier molecular flexibility index (Phi) is 4.93. The van der Waals surface area contributed by atoms with Gasteiger partial charge < -0.3 is 5.73 Å². The Morgan fingerprint density at radius 2 is 1.32 bits per heavy atom. The van der Waals surface area contributed by atoms with Crippen molar-refractivity contribution in [2.75, 3.05) is 5.73 Å². The van der Waals surface area contributed by atoms with Crippen LogP contribution in [-0.2, 0) is 0 Å². The maximum Gasteiger partial charge on any atom is 0.138 e. The molecule has 3 aromatic carbocycles. The molecule has 0 saturated carbocycles. The van der Waals surface area contributed by atoms with Gasteiger partial charge in [-0.25, -0.2) is 0 Å². The molecule has 1 heterocycles. The van der Waals surface area contributed by atoms with E-state index in [0.29, 0.717) is 33.5 Å². The molecule has 6 rings (SSSR count). The maximum atomic E-state index is 9.86. The summed E-state index contributed by atoms with van der Waals surface area (Å²) in [4.78, 5) is 4.64. The summed E-state index contributed by atoms with van der Waals surface area (Å²) in [5.74, 6) is 0. The number of allylic oxidation sites excluding steroid dienone is 3. The van der Waals surface area contributed by atoms with E-state index in [0.717, 1.165) is 44.3 Å². The first-order valence-corrected chi connectivity index (χ1v) is 11.8. The van der Waals surface area contributed by atoms with Crippen LogP contribution in [0.25, 0.3) is 50.4 Å². The predicted molar refractivity (Wildman–Crippen MR) is 146 cm³/mol. The minimum absolute atomic E-state index is 0.0167. The fraction of sp³-hybridized carbons (Fsp3) is 0.0312. The molecule has 0 amide bonds. The van der Waals surface area contributed by atoms with Crippen molar-refractivity contribution in [1.82, 2.24) is 4.98 Å². The van der Waals surface area contributed by atoms with Crippen LogP contribution in [-0.4, -0.2) is 4.98 Å².